The summed E-state index contributed by atoms with van der Waals surface area (Å²) >= 11 is 0. The molecule has 0 heterocycles. The molecule has 0 nitrogen and oxygen atoms in total. The Morgan fingerprint density at radius 3 is 1.55 bits per heavy atom. The Kier molecular flexibility index (Phi) is 5.46. The van der Waals surface area contributed by atoms with Gasteiger partial charge in [0.25, 0.3) is 0 Å². The third-order valence-corrected chi connectivity index (χ3v) is 4.29. The summed E-state index contributed by atoms with van der Waals surface area (Å²) < 4.78 is 0. The van der Waals surface area contributed by atoms with Crippen molar-refractivity contribution < 1.29 is 0 Å². The van der Waals surface area contributed by atoms with Crippen LogP contribution in [-0.2, 0) is 10.8 Å². The van der Waals surface area contributed by atoms with Crippen molar-refractivity contribution in [1.82, 2.24) is 0 Å². The van der Waals surface area contributed by atoms with E-state index in [2.05, 4.69) is 73.6 Å². The van der Waals surface area contributed by atoms with E-state index in [4.69, 9.17) is 0 Å². The lowest BCUT2D eigenvalue weighted by Crippen LogP contribution is -2.17. The van der Waals surface area contributed by atoms with Crippen LogP contribution in [-0.4, -0.2) is 0 Å². The molecule has 0 aliphatic heterocycles. The molecule has 20 heavy (non-hydrogen) atoms. The zero-order chi connectivity index (χ0) is 15.6. The highest BCUT2D eigenvalue weighted by molar-refractivity contribution is 5.38. The Balaban J connectivity index is 3.37. The molecule has 0 saturated carbocycles. The van der Waals surface area contributed by atoms with E-state index in [1.165, 1.54) is 30.4 Å². The van der Waals surface area contributed by atoms with Crippen molar-refractivity contribution in [2.45, 2.75) is 91.4 Å². The zero-order valence-corrected chi connectivity index (χ0v) is 14.9. The van der Waals surface area contributed by atoms with Gasteiger partial charge in [-0.2, -0.15) is 0 Å². The number of rotatable bonds is 4. The van der Waals surface area contributed by atoms with E-state index in [-0.39, 0.29) is 10.8 Å². The molecule has 114 valence electrons. The Labute approximate surface area is 127 Å². The third-order valence-electron chi connectivity index (χ3n) is 4.29. The molecule has 0 aromatic heterocycles. The van der Waals surface area contributed by atoms with Gasteiger partial charge in [0.05, 0.1) is 0 Å². The van der Waals surface area contributed by atoms with E-state index < -0.39 is 0 Å². The van der Waals surface area contributed by atoms with Crippen molar-refractivity contribution in [3.8, 4) is 0 Å². The normalized spacial score (nSPS) is 14.4. The van der Waals surface area contributed by atoms with Crippen LogP contribution in [0.4, 0.5) is 0 Å². The largest absolute Gasteiger partial charge is 0.0654 e. The number of benzene rings is 1. The van der Waals surface area contributed by atoms with E-state index in [1.54, 1.807) is 5.56 Å². The molecule has 1 aromatic carbocycles. The Morgan fingerprint density at radius 2 is 1.25 bits per heavy atom. The minimum Gasteiger partial charge on any atom is -0.0654 e. The SMILES string of the molecule is CCCC(CC)c1cc(C(C)(C)C)cc(C(C)(C)C)c1. The minimum absolute atomic E-state index is 0.223. The summed E-state index contributed by atoms with van der Waals surface area (Å²) in [6.45, 7) is 18.5. The Morgan fingerprint density at radius 1 is 0.800 bits per heavy atom. The summed E-state index contributed by atoms with van der Waals surface area (Å²) in [7, 11) is 0. The van der Waals surface area contributed by atoms with Crippen LogP contribution in [0.3, 0.4) is 0 Å². The molecule has 0 N–H and O–H groups in total. The van der Waals surface area contributed by atoms with Crippen LogP contribution in [0.2, 0.25) is 0 Å². The van der Waals surface area contributed by atoms with Gasteiger partial charge in [-0.1, -0.05) is 80.0 Å². The fourth-order valence-electron chi connectivity index (χ4n) is 2.71. The van der Waals surface area contributed by atoms with E-state index >= 15 is 0 Å². The monoisotopic (exact) mass is 274 g/mol. The third kappa shape index (κ3) is 4.36. The molecule has 0 spiro atoms. The van der Waals surface area contributed by atoms with Gasteiger partial charge in [0.2, 0.25) is 0 Å². The molecule has 0 saturated heterocycles. The van der Waals surface area contributed by atoms with Crippen molar-refractivity contribution in [3.05, 3.63) is 34.9 Å². The van der Waals surface area contributed by atoms with Crippen LogP contribution < -0.4 is 0 Å². The summed E-state index contributed by atoms with van der Waals surface area (Å²) in [6.07, 6.45) is 3.81. The van der Waals surface area contributed by atoms with Gasteiger partial charge < -0.3 is 0 Å². The molecular formula is C20H34. The van der Waals surface area contributed by atoms with Gasteiger partial charge in [0.1, 0.15) is 0 Å². The van der Waals surface area contributed by atoms with Gasteiger partial charge >= 0.3 is 0 Å². The molecule has 0 bridgehead atoms. The van der Waals surface area contributed by atoms with E-state index in [0.717, 1.165) is 0 Å². The molecule has 0 fully saturated rings. The highest BCUT2D eigenvalue weighted by Crippen LogP contribution is 2.34. The summed E-state index contributed by atoms with van der Waals surface area (Å²) in [5.74, 6) is 0.711. The Hall–Kier alpha value is -0.780. The van der Waals surface area contributed by atoms with Gasteiger partial charge in [-0.25, -0.2) is 0 Å². The van der Waals surface area contributed by atoms with Crippen molar-refractivity contribution in [3.63, 3.8) is 0 Å². The van der Waals surface area contributed by atoms with Gasteiger partial charge in [-0.3, -0.25) is 0 Å². The van der Waals surface area contributed by atoms with Crippen LogP contribution in [0, 0.1) is 0 Å². The Bertz CT molecular complexity index is 394. The first-order valence-electron chi connectivity index (χ1n) is 8.25. The first-order valence-corrected chi connectivity index (χ1v) is 8.25. The van der Waals surface area contributed by atoms with Crippen LogP contribution in [0.15, 0.2) is 18.2 Å². The fourth-order valence-corrected chi connectivity index (χ4v) is 2.71. The van der Waals surface area contributed by atoms with Crippen molar-refractivity contribution >= 4 is 0 Å². The molecule has 0 heteroatoms. The van der Waals surface area contributed by atoms with Crippen LogP contribution >= 0.6 is 0 Å². The summed E-state index contributed by atoms with van der Waals surface area (Å²) in [5.41, 5.74) is 4.96. The molecular weight excluding hydrogens is 240 g/mol. The maximum atomic E-state index is 2.46. The van der Waals surface area contributed by atoms with Crippen LogP contribution in [0.25, 0.3) is 0 Å². The molecule has 1 aromatic rings. The van der Waals surface area contributed by atoms with Crippen molar-refractivity contribution in [2.75, 3.05) is 0 Å². The van der Waals surface area contributed by atoms with Gasteiger partial charge in [0.15, 0.2) is 0 Å². The number of hydrogen-bond donors (Lipinski definition) is 0. The zero-order valence-electron chi connectivity index (χ0n) is 14.9. The predicted octanol–water partition coefficient (Wildman–Crippen LogP) is 6.58. The van der Waals surface area contributed by atoms with E-state index in [9.17, 15) is 0 Å². The minimum atomic E-state index is 0.223. The first-order chi connectivity index (χ1) is 9.09. The van der Waals surface area contributed by atoms with Gasteiger partial charge in [-0.15, -0.1) is 0 Å². The van der Waals surface area contributed by atoms with Gasteiger partial charge in [0, 0.05) is 0 Å². The fraction of sp³-hybridized carbons (Fsp3) is 0.700. The number of hydrogen-bond acceptors (Lipinski definition) is 0. The molecule has 1 unspecified atom stereocenters. The van der Waals surface area contributed by atoms with Crippen molar-refractivity contribution in [2.24, 2.45) is 0 Å². The predicted molar refractivity (Wildman–Crippen MR) is 91.8 cm³/mol. The summed E-state index contributed by atoms with van der Waals surface area (Å²) in [5, 5.41) is 0. The molecule has 0 aliphatic rings. The topological polar surface area (TPSA) is 0 Å². The van der Waals surface area contributed by atoms with E-state index in [0.29, 0.717) is 5.92 Å². The van der Waals surface area contributed by atoms with E-state index in [1.807, 2.05) is 0 Å². The second-order valence-corrected chi connectivity index (χ2v) is 8.24. The molecule has 0 aliphatic carbocycles. The molecule has 1 atom stereocenters. The average molecular weight is 274 g/mol. The molecule has 0 radical (unpaired) electrons. The van der Waals surface area contributed by atoms with Crippen molar-refractivity contribution in [1.29, 1.82) is 0 Å². The molecule has 1 rings (SSSR count). The van der Waals surface area contributed by atoms with Crippen LogP contribution in [0.5, 0.6) is 0 Å². The maximum Gasteiger partial charge on any atom is -0.0132 e. The summed E-state index contributed by atoms with van der Waals surface area (Å²) in [4.78, 5) is 0. The quantitative estimate of drug-likeness (QED) is 0.582. The standard InChI is InChI=1S/C20H34/c1-9-11-15(10-2)16-12-17(19(3,4)5)14-18(13-16)20(6,7)8/h12-15H,9-11H2,1-8H3. The lowest BCUT2D eigenvalue weighted by Gasteiger charge is -2.28. The second kappa shape index (κ2) is 6.33. The highest BCUT2D eigenvalue weighted by Gasteiger charge is 2.22. The maximum absolute atomic E-state index is 2.46. The average Bonchev–Trinajstić information content (AvgIpc) is 2.33. The highest BCUT2D eigenvalue weighted by atomic mass is 14.3. The lowest BCUT2D eigenvalue weighted by atomic mass is 9.77. The molecule has 0 amide bonds. The lowest BCUT2D eigenvalue weighted by molar-refractivity contribution is 0.554. The van der Waals surface area contributed by atoms with Crippen LogP contribution in [0.1, 0.15) is 97.3 Å². The first kappa shape index (κ1) is 17.3. The second-order valence-electron chi connectivity index (χ2n) is 8.24. The summed E-state index contributed by atoms with van der Waals surface area (Å²) in [6, 6.07) is 7.33. The van der Waals surface area contributed by atoms with Gasteiger partial charge in [-0.05, 0) is 46.3 Å². The smallest absolute Gasteiger partial charge is 0.0132 e.